The highest BCUT2D eigenvalue weighted by Crippen LogP contribution is 2.39. The molecule has 4 nitrogen and oxygen atoms in total. The Balaban J connectivity index is 2.57. The number of pyridine rings is 1. The van der Waals surface area contributed by atoms with Gasteiger partial charge in [0.15, 0.2) is 10.9 Å². The summed E-state index contributed by atoms with van der Waals surface area (Å²) in [5.74, 6) is 0.917. The van der Waals surface area contributed by atoms with Gasteiger partial charge in [-0.2, -0.15) is 0 Å². The molecule has 0 atom stereocenters. The normalized spacial score (nSPS) is 13.5. The smallest absolute Gasteiger partial charge is 0.231 e. The highest BCUT2D eigenvalue weighted by Gasteiger charge is 2.21. The zero-order valence-corrected chi connectivity index (χ0v) is 6.84. The van der Waals surface area contributed by atoms with Crippen LogP contribution in [-0.4, -0.2) is 16.9 Å². The van der Waals surface area contributed by atoms with Crippen molar-refractivity contribution in [3.05, 3.63) is 16.9 Å². The van der Waals surface area contributed by atoms with Crippen LogP contribution in [0.4, 0.5) is 0 Å². The predicted octanol–water partition coefficient (Wildman–Crippen LogP) is 0.956. The maximum atomic E-state index is 8.87. The summed E-state index contributed by atoms with van der Waals surface area (Å²) < 4.78 is 10.1. The maximum Gasteiger partial charge on any atom is 0.231 e. The molecule has 1 aliphatic rings. The molecule has 0 saturated heterocycles. The Labute approximate surface area is 73.7 Å². The molecule has 0 amide bonds. The van der Waals surface area contributed by atoms with Crippen molar-refractivity contribution in [1.29, 1.82) is 0 Å². The van der Waals surface area contributed by atoms with Crippen LogP contribution >= 0.6 is 11.6 Å². The van der Waals surface area contributed by atoms with E-state index in [0.29, 0.717) is 17.1 Å². The van der Waals surface area contributed by atoms with E-state index in [1.54, 1.807) is 0 Å². The van der Waals surface area contributed by atoms with Gasteiger partial charge in [-0.3, -0.25) is 0 Å². The molecule has 2 rings (SSSR count). The van der Waals surface area contributed by atoms with Gasteiger partial charge < -0.3 is 14.6 Å². The van der Waals surface area contributed by atoms with Crippen LogP contribution < -0.4 is 9.47 Å². The van der Waals surface area contributed by atoms with E-state index in [1.807, 2.05) is 0 Å². The highest BCUT2D eigenvalue weighted by molar-refractivity contribution is 6.31. The average molecular weight is 188 g/mol. The van der Waals surface area contributed by atoms with Crippen LogP contribution in [-0.2, 0) is 6.61 Å². The molecular weight excluding hydrogens is 182 g/mol. The summed E-state index contributed by atoms with van der Waals surface area (Å²) in [5.41, 5.74) is 0.590. The maximum absolute atomic E-state index is 8.87. The van der Waals surface area contributed by atoms with Crippen LogP contribution in [0.15, 0.2) is 6.20 Å². The van der Waals surface area contributed by atoms with Gasteiger partial charge in [-0.25, -0.2) is 4.98 Å². The SMILES string of the molecule is OCc1cnc(Cl)c2c1OCO2. The number of aliphatic hydroxyl groups is 1. The third kappa shape index (κ3) is 1.00. The lowest BCUT2D eigenvalue weighted by molar-refractivity contribution is 0.171. The lowest BCUT2D eigenvalue weighted by atomic mass is 10.2. The highest BCUT2D eigenvalue weighted by atomic mass is 35.5. The van der Waals surface area contributed by atoms with Crippen molar-refractivity contribution in [1.82, 2.24) is 4.98 Å². The van der Waals surface area contributed by atoms with E-state index >= 15 is 0 Å². The summed E-state index contributed by atoms with van der Waals surface area (Å²) in [5, 5.41) is 9.14. The first kappa shape index (κ1) is 7.64. The molecule has 1 N–H and O–H groups in total. The monoisotopic (exact) mass is 187 g/mol. The fourth-order valence-electron chi connectivity index (χ4n) is 1.03. The molecule has 5 heteroatoms. The minimum absolute atomic E-state index is 0.129. The summed E-state index contributed by atoms with van der Waals surface area (Å²) in [7, 11) is 0. The van der Waals surface area contributed by atoms with Gasteiger partial charge in [0.25, 0.3) is 0 Å². The van der Waals surface area contributed by atoms with E-state index in [4.69, 9.17) is 26.2 Å². The zero-order chi connectivity index (χ0) is 8.55. The molecule has 0 unspecified atom stereocenters. The van der Waals surface area contributed by atoms with Gasteiger partial charge in [-0.15, -0.1) is 0 Å². The lowest BCUT2D eigenvalue weighted by Gasteiger charge is -2.01. The van der Waals surface area contributed by atoms with Gasteiger partial charge in [0, 0.05) is 11.8 Å². The molecule has 1 aromatic heterocycles. The van der Waals surface area contributed by atoms with E-state index in [0.717, 1.165) is 0 Å². The number of hydrogen-bond donors (Lipinski definition) is 1. The molecular formula is C7H6ClNO3. The quantitative estimate of drug-likeness (QED) is 0.666. The number of ether oxygens (including phenoxy) is 2. The molecule has 1 aromatic rings. The van der Waals surface area contributed by atoms with E-state index in [9.17, 15) is 0 Å². The first-order chi connectivity index (χ1) is 5.83. The van der Waals surface area contributed by atoms with E-state index < -0.39 is 0 Å². The Morgan fingerprint density at radius 1 is 1.50 bits per heavy atom. The van der Waals surface area contributed by atoms with Gasteiger partial charge in [-0.05, 0) is 0 Å². The van der Waals surface area contributed by atoms with Crippen molar-refractivity contribution in [2.75, 3.05) is 6.79 Å². The number of aromatic nitrogens is 1. The van der Waals surface area contributed by atoms with Crippen molar-refractivity contribution in [2.24, 2.45) is 0 Å². The third-order valence-electron chi connectivity index (χ3n) is 1.60. The molecule has 1 aliphatic heterocycles. The Morgan fingerprint density at radius 3 is 3.00 bits per heavy atom. The van der Waals surface area contributed by atoms with Crippen LogP contribution in [0.1, 0.15) is 5.56 Å². The molecule has 2 heterocycles. The summed E-state index contributed by atoms with van der Waals surface area (Å²) in [4.78, 5) is 3.82. The number of aliphatic hydroxyl groups excluding tert-OH is 1. The Kier molecular flexibility index (Phi) is 1.78. The fourth-order valence-corrected chi connectivity index (χ4v) is 1.22. The second-order valence-corrected chi connectivity index (χ2v) is 2.66. The van der Waals surface area contributed by atoms with Crippen LogP contribution in [0.3, 0.4) is 0 Å². The molecule has 12 heavy (non-hydrogen) atoms. The summed E-state index contributed by atoms with van der Waals surface area (Å²) in [6.07, 6.45) is 1.47. The second kappa shape index (κ2) is 2.80. The van der Waals surface area contributed by atoms with Gasteiger partial charge in [0.2, 0.25) is 12.5 Å². The van der Waals surface area contributed by atoms with Gasteiger partial charge in [0.1, 0.15) is 0 Å². The molecule has 0 spiro atoms. The minimum atomic E-state index is -0.129. The molecule has 0 aliphatic carbocycles. The van der Waals surface area contributed by atoms with Crippen LogP contribution in [0.25, 0.3) is 0 Å². The van der Waals surface area contributed by atoms with Gasteiger partial charge >= 0.3 is 0 Å². The second-order valence-electron chi connectivity index (χ2n) is 2.30. The van der Waals surface area contributed by atoms with Crippen LogP contribution in [0.2, 0.25) is 5.15 Å². The van der Waals surface area contributed by atoms with Gasteiger partial charge in [-0.1, -0.05) is 11.6 Å². The first-order valence-electron chi connectivity index (χ1n) is 3.36. The first-order valence-corrected chi connectivity index (χ1v) is 3.74. The van der Waals surface area contributed by atoms with E-state index in [-0.39, 0.29) is 18.6 Å². The number of nitrogens with zero attached hydrogens (tertiary/aromatic N) is 1. The van der Waals surface area contributed by atoms with E-state index in [2.05, 4.69) is 4.98 Å². The molecule has 64 valence electrons. The Morgan fingerprint density at radius 2 is 2.25 bits per heavy atom. The average Bonchev–Trinajstić information content (AvgIpc) is 2.54. The van der Waals surface area contributed by atoms with Gasteiger partial charge in [0.05, 0.1) is 6.61 Å². The lowest BCUT2D eigenvalue weighted by Crippen LogP contribution is -1.94. The summed E-state index contributed by atoms with van der Waals surface area (Å²) in [6.45, 7) is 0.00358. The Hall–Kier alpha value is -1.00. The molecule has 0 radical (unpaired) electrons. The molecule has 0 saturated carbocycles. The molecule has 0 aromatic carbocycles. The number of hydrogen-bond acceptors (Lipinski definition) is 4. The standard InChI is InChI=1S/C7H6ClNO3/c8-7-6-5(11-3-12-6)4(2-10)1-9-7/h1,10H,2-3H2. The van der Waals surface area contributed by atoms with E-state index in [1.165, 1.54) is 6.20 Å². The third-order valence-corrected chi connectivity index (χ3v) is 1.87. The largest absolute Gasteiger partial charge is 0.453 e. The van der Waals surface area contributed by atoms with Crippen LogP contribution in [0.5, 0.6) is 11.5 Å². The number of rotatable bonds is 1. The zero-order valence-electron chi connectivity index (χ0n) is 6.08. The van der Waals surface area contributed by atoms with Crippen molar-refractivity contribution in [2.45, 2.75) is 6.61 Å². The van der Waals surface area contributed by atoms with Crippen molar-refractivity contribution in [3.8, 4) is 11.5 Å². The summed E-state index contributed by atoms with van der Waals surface area (Å²) in [6, 6.07) is 0. The topological polar surface area (TPSA) is 51.6 Å². The predicted molar refractivity (Wildman–Crippen MR) is 41.3 cm³/mol. The van der Waals surface area contributed by atoms with Crippen molar-refractivity contribution in [3.63, 3.8) is 0 Å². The summed E-state index contributed by atoms with van der Waals surface area (Å²) >= 11 is 5.70. The fraction of sp³-hybridized carbons (Fsp3) is 0.286. The molecule has 0 fully saturated rings. The van der Waals surface area contributed by atoms with Crippen molar-refractivity contribution >= 4 is 11.6 Å². The number of fused-ring (bicyclic) bond motifs is 1. The number of halogens is 1. The Bertz CT molecular complexity index is 316. The molecule has 0 bridgehead atoms. The van der Waals surface area contributed by atoms with Crippen LogP contribution in [0, 0.1) is 0 Å². The van der Waals surface area contributed by atoms with Crippen molar-refractivity contribution < 1.29 is 14.6 Å². The minimum Gasteiger partial charge on any atom is -0.453 e.